The van der Waals surface area contributed by atoms with Gasteiger partial charge in [0, 0.05) is 57.6 Å². The lowest BCUT2D eigenvalue weighted by atomic mass is 9.83. The molecule has 1 aromatic carbocycles. The van der Waals surface area contributed by atoms with Crippen LogP contribution in [0.25, 0.3) is 5.69 Å². The molecule has 2 saturated heterocycles. The van der Waals surface area contributed by atoms with E-state index in [0.717, 1.165) is 38.2 Å². The molecule has 1 aromatic heterocycles. The van der Waals surface area contributed by atoms with E-state index in [0.29, 0.717) is 37.4 Å². The molecular formula is C20H29Cl2N5O. The van der Waals surface area contributed by atoms with Gasteiger partial charge in [0.2, 0.25) is 5.91 Å². The summed E-state index contributed by atoms with van der Waals surface area (Å²) in [6.45, 7) is 4.33. The van der Waals surface area contributed by atoms with E-state index in [4.69, 9.17) is 5.73 Å². The van der Waals surface area contributed by atoms with Gasteiger partial charge in [-0.3, -0.25) is 9.69 Å². The predicted octanol–water partition coefficient (Wildman–Crippen LogP) is 2.49. The normalized spacial score (nSPS) is 22.2. The van der Waals surface area contributed by atoms with Crippen molar-refractivity contribution >= 4 is 30.7 Å². The van der Waals surface area contributed by atoms with Crippen molar-refractivity contribution in [2.45, 2.75) is 31.8 Å². The Hall–Kier alpha value is -1.60. The van der Waals surface area contributed by atoms with E-state index >= 15 is 0 Å². The Morgan fingerprint density at radius 2 is 1.93 bits per heavy atom. The van der Waals surface area contributed by atoms with Crippen molar-refractivity contribution in [1.29, 1.82) is 0 Å². The number of fused-ring (bicyclic) bond motifs is 1. The van der Waals surface area contributed by atoms with Gasteiger partial charge in [-0.1, -0.05) is 12.1 Å². The number of piperidine rings is 2. The smallest absolute Gasteiger partial charge is 0.222 e. The number of carbonyl (C=O) groups is 1. The van der Waals surface area contributed by atoms with Crippen LogP contribution in [-0.2, 0) is 11.3 Å². The van der Waals surface area contributed by atoms with Crippen LogP contribution < -0.4 is 5.73 Å². The first kappa shape index (κ1) is 22.7. The van der Waals surface area contributed by atoms with Gasteiger partial charge in [0.25, 0.3) is 0 Å². The van der Waals surface area contributed by atoms with Gasteiger partial charge in [-0.15, -0.1) is 24.8 Å². The maximum Gasteiger partial charge on any atom is 0.222 e. The van der Waals surface area contributed by atoms with Gasteiger partial charge >= 0.3 is 0 Å². The summed E-state index contributed by atoms with van der Waals surface area (Å²) in [6, 6.07) is 10.9. The average Bonchev–Trinajstić information content (AvgIpc) is 3.20. The zero-order valence-corrected chi connectivity index (χ0v) is 17.6. The standard InChI is InChI=1S/C20H27N5O.2ClH/c21-9-13-24-19-8-12-23(15-17(19)4-7-20(24)26)14-16-2-5-18(6-3-16)25-11-1-10-22-25;;/h1-3,5-6,10-11,17,19H,4,7-9,12-15,21H2;2*1H/t17-,19+;;/m0../s1. The van der Waals surface area contributed by atoms with Crippen molar-refractivity contribution in [2.24, 2.45) is 11.7 Å². The van der Waals surface area contributed by atoms with Gasteiger partial charge < -0.3 is 10.6 Å². The molecule has 0 radical (unpaired) electrons. The number of hydrogen-bond donors (Lipinski definition) is 1. The third-order valence-corrected chi connectivity index (χ3v) is 5.71. The summed E-state index contributed by atoms with van der Waals surface area (Å²) >= 11 is 0. The number of nitrogens with zero attached hydrogens (tertiary/aromatic N) is 4. The molecule has 2 N–H and O–H groups in total. The maximum absolute atomic E-state index is 12.2. The van der Waals surface area contributed by atoms with Crippen molar-refractivity contribution < 1.29 is 4.79 Å². The molecule has 0 spiro atoms. The van der Waals surface area contributed by atoms with Crippen LogP contribution in [0.2, 0.25) is 0 Å². The van der Waals surface area contributed by atoms with Gasteiger partial charge in [0.1, 0.15) is 0 Å². The maximum atomic E-state index is 12.2. The van der Waals surface area contributed by atoms with Gasteiger partial charge in [0.15, 0.2) is 0 Å². The van der Waals surface area contributed by atoms with E-state index in [1.807, 2.05) is 21.8 Å². The minimum absolute atomic E-state index is 0. The fourth-order valence-electron chi connectivity index (χ4n) is 4.43. The van der Waals surface area contributed by atoms with Crippen LogP contribution in [0.15, 0.2) is 42.7 Å². The van der Waals surface area contributed by atoms with Gasteiger partial charge in [0.05, 0.1) is 5.69 Å². The van der Waals surface area contributed by atoms with E-state index in [9.17, 15) is 4.79 Å². The first-order valence-corrected chi connectivity index (χ1v) is 9.55. The van der Waals surface area contributed by atoms with Crippen molar-refractivity contribution in [3.8, 4) is 5.69 Å². The first-order chi connectivity index (χ1) is 12.7. The van der Waals surface area contributed by atoms with E-state index in [1.165, 1.54) is 5.56 Å². The van der Waals surface area contributed by atoms with E-state index in [-0.39, 0.29) is 24.8 Å². The van der Waals surface area contributed by atoms with Crippen molar-refractivity contribution in [3.05, 3.63) is 48.3 Å². The molecule has 4 rings (SSSR count). The molecule has 1 amide bonds. The van der Waals surface area contributed by atoms with E-state index in [1.54, 1.807) is 6.20 Å². The molecule has 0 saturated carbocycles. The minimum Gasteiger partial charge on any atom is -0.338 e. The van der Waals surface area contributed by atoms with Crippen molar-refractivity contribution in [2.75, 3.05) is 26.2 Å². The summed E-state index contributed by atoms with van der Waals surface area (Å²) in [7, 11) is 0. The van der Waals surface area contributed by atoms with Crippen LogP contribution in [0.3, 0.4) is 0 Å². The first-order valence-electron chi connectivity index (χ1n) is 9.55. The van der Waals surface area contributed by atoms with Crippen LogP contribution in [0, 0.1) is 5.92 Å². The molecule has 6 nitrogen and oxygen atoms in total. The zero-order chi connectivity index (χ0) is 17.9. The SMILES string of the molecule is Cl.Cl.NCCN1C(=O)CC[C@H]2CN(Cc3ccc(-n4cccn4)cc3)CC[C@H]21. The molecule has 2 aliphatic rings. The third-order valence-electron chi connectivity index (χ3n) is 5.71. The second kappa shape index (κ2) is 10.3. The largest absolute Gasteiger partial charge is 0.338 e. The molecule has 0 aliphatic carbocycles. The summed E-state index contributed by atoms with van der Waals surface area (Å²) in [5.74, 6) is 0.871. The van der Waals surface area contributed by atoms with Crippen LogP contribution in [-0.4, -0.2) is 57.7 Å². The van der Waals surface area contributed by atoms with E-state index < -0.39 is 0 Å². The van der Waals surface area contributed by atoms with Crippen LogP contribution in [0.5, 0.6) is 0 Å². The van der Waals surface area contributed by atoms with E-state index in [2.05, 4.69) is 34.3 Å². The Morgan fingerprint density at radius 1 is 1.14 bits per heavy atom. The number of hydrogen-bond acceptors (Lipinski definition) is 4. The molecule has 28 heavy (non-hydrogen) atoms. The molecule has 2 aliphatic heterocycles. The second-order valence-electron chi connectivity index (χ2n) is 7.38. The molecule has 154 valence electrons. The summed E-state index contributed by atoms with van der Waals surface area (Å²) in [5, 5.41) is 4.27. The summed E-state index contributed by atoms with van der Waals surface area (Å²) < 4.78 is 1.88. The Kier molecular flexibility index (Phi) is 8.31. The fourth-order valence-corrected chi connectivity index (χ4v) is 4.43. The number of likely N-dealkylation sites (tertiary alicyclic amines) is 2. The third kappa shape index (κ3) is 4.87. The number of benzene rings is 1. The summed E-state index contributed by atoms with van der Waals surface area (Å²) in [6.07, 6.45) is 6.49. The number of halogens is 2. The molecular weight excluding hydrogens is 397 g/mol. The highest BCUT2D eigenvalue weighted by molar-refractivity contribution is 5.85. The molecule has 3 heterocycles. The molecule has 2 atom stereocenters. The Labute approximate surface area is 178 Å². The number of amides is 1. The molecule has 2 aromatic rings. The minimum atomic E-state index is 0. The molecule has 0 bridgehead atoms. The second-order valence-corrected chi connectivity index (χ2v) is 7.38. The van der Waals surface area contributed by atoms with Crippen LogP contribution >= 0.6 is 24.8 Å². The van der Waals surface area contributed by atoms with Crippen LogP contribution in [0.1, 0.15) is 24.8 Å². The highest BCUT2D eigenvalue weighted by atomic mass is 35.5. The lowest BCUT2D eigenvalue weighted by Gasteiger charge is -2.47. The predicted molar refractivity (Wildman–Crippen MR) is 115 cm³/mol. The molecule has 2 fully saturated rings. The highest BCUT2D eigenvalue weighted by Gasteiger charge is 2.38. The summed E-state index contributed by atoms with van der Waals surface area (Å²) in [4.78, 5) is 16.8. The number of rotatable bonds is 5. The van der Waals surface area contributed by atoms with Crippen LogP contribution in [0.4, 0.5) is 0 Å². The molecule has 0 unspecified atom stereocenters. The quantitative estimate of drug-likeness (QED) is 0.798. The van der Waals surface area contributed by atoms with Crippen molar-refractivity contribution in [1.82, 2.24) is 19.6 Å². The zero-order valence-electron chi connectivity index (χ0n) is 15.9. The monoisotopic (exact) mass is 425 g/mol. The summed E-state index contributed by atoms with van der Waals surface area (Å²) in [5.41, 5.74) is 8.12. The van der Waals surface area contributed by atoms with Gasteiger partial charge in [-0.2, -0.15) is 5.10 Å². The Bertz CT molecular complexity index is 738. The lowest BCUT2D eigenvalue weighted by Crippen LogP contribution is -2.56. The average molecular weight is 426 g/mol. The van der Waals surface area contributed by atoms with Gasteiger partial charge in [-0.25, -0.2) is 4.68 Å². The Balaban J connectivity index is 0.00000140. The highest BCUT2D eigenvalue weighted by Crippen LogP contribution is 2.31. The topological polar surface area (TPSA) is 67.4 Å². The van der Waals surface area contributed by atoms with Gasteiger partial charge in [-0.05, 0) is 42.5 Å². The number of carbonyl (C=O) groups excluding carboxylic acids is 1. The number of nitrogens with two attached hydrogens (primary N) is 1. The van der Waals surface area contributed by atoms with Crippen molar-refractivity contribution in [3.63, 3.8) is 0 Å². The number of aromatic nitrogens is 2. The Morgan fingerprint density at radius 3 is 2.61 bits per heavy atom. The lowest BCUT2D eigenvalue weighted by molar-refractivity contribution is -0.141. The fraction of sp³-hybridized carbons (Fsp3) is 0.500. The molecule has 8 heteroatoms.